The van der Waals surface area contributed by atoms with Crippen LogP contribution in [0.4, 0.5) is 5.69 Å². The van der Waals surface area contributed by atoms with E-state index >= 15 is 0 Å². The molecule has 0 saturated carbocycles. The van der Waals surface area contributed by atoms with Crippen molar-refractivity contribution < 1.29 is 4.79 Å². The number of amides is 1. The van der Waals surface area contributed by atoms with Gasteiger partial charge in [-0.25, -0.2) is 0 Å². The second kappa shape index (κ2) is 6.93. The minimum Gasteiger partial charge on any atom is -0.366 e. The third kappa shape index (κ3) is 3.33. The van der Waals surface area contributed by atoms with Gasteiger partial charge >= 0.3 is 0 Å². The van der Waals surface area contributed by atoms with Crippen LogP contribution < -0.4 is 4.90 Å². The van der Waals surface area contributed by atoms with Gasteiger partial charge < -0.3 is 9.80 Å². The van der Waals surface area contributed by atoms with Crippen LogP contribution in [-0.4, -0.2) is 42.0 Å². The minimum atomic E-state index is 0.210. The maximum absolute atomic E-state index is 12.5. The second-order valence-corrected chi connectivity index (χ2v) is 6.38. The molecule has 0 radical (unpaired) electrons. The minimum absolute atomic E-state index is 0.210. The number of hydrogen-bond acceptors (Lipinski definition) is 3. The topological polar surface area (TPSA) is 36.4 Å². The lowest BCUT2D eigenvalue weighted by molar-refractivity contribution is -0.130. The molecule has 1 amide bonds. The number of piperazine rings is 1. The molecule has 0 bridgehead atoms. The van der Waals surface area contributed by atoms with Crippen LogP contribution in [0, 0.1) is 0 Å². The molecule has 0 spiro atoms. The van der Waals surface area contributed by atoms with Gasteiger partial charge in [0.05, 0.1) is 17.6 Å². The van der Waals surface area contributed by atoms with Crippen molar-refractivity contribution in [2.45, 2.75) is 6.42 Å². The van der Waals surface area contributed by atoms with Gasteiger partial charge in [-0.3, -0.25) is 9.78 Å². The van der Waals surface area contributed by atoms with Crippen molar-refractivity contribution in [3.05, 3.63) is 72.4 Å². The van der Waals surface area contributed by atoms with Crippen molar-refractivity contribution in [1.82, 2.24) is 9.88 Å². The van der Waals surface area contributed by atoms with Gasteiger partial charge in [-0.2, -0.15) is 0 Å². The Bertz CT molecular complexity index is 865. The fraction of sp³-hybridized carbons (Fsp3) is 0.238. The molecule has 3 aromatic rings. The highest BCUT2D eigenvalue weighted by Gasteiger charge is 2.22. The number of hydrogen-bond donors (Lipinski definition) is 0. The molecule has 1 saturated heterocycles. The maximum atomic E-state index is 12.5. The Labute approximate surface area is 147 Å². The second-order valence-electron chi connectivity index (χ2n) is 6.38. The molecule has 1 aliphatic heterocycles. The van der Waals surface area contributed by atoms with Gasteiger partial charge in [0.1, 0.15) is 0 Å². The largest absolute Gasteiger partial charge is 0.366 e. The summed E-state index contributed by atoms with van der Waals surface area (Å²) in [5.74, 6) is 0.210. The van der Waals surface area contributed by atoms with Gasteiger partial charge in [0, 0.05) is 37.8 Å². The van der Waals surface area contributed by atoms with Gasteiger partial charge in [0.25, 0.3) is 0 Å². The number of nitrogens with zero attached hydrogens (tertiary/aromatic N) is 3. The van der Waals surface area contributed by atoms with Crippen LogP contribution in [0.1, 0.15) is 5.56 Å². The van der Waals surface area contributed by atoms with Crippen LogP contribution in [-0.2, 0) is 11.2 Å². The molecule has 4 rings (SSSR count). The predicted octanol–water partition coefficient (Wildman–Crippen LogP) is 3.13. The molecule has 2 aromatic carbocycles. The molecule has 0 N–H and O–H groups in total. The summed E-state index contributed by atoms with van der Waals surface area (Å²) in [5, 5.41) is 1.16. The SMILES string of the molecule is O=C(Cc1ccccc1)N1CCN(c2cccc3cccnc23)CC1. The third-order valence-electron chi connectivity index (χ3n) is 4.78. The first-order chi connectivity index (χ1) is 12.3. The van der Waals surface area contributed by atoms with Crippen LogP contribution in [0.2, 0.25) is 0 Å². The van der Waals surface area contributed by atoms with E-state index in [4.69, 9.17) is 0 Å². The first kappa shape index (κ1) is 15.6. The van der Waals surface area contributed by atoms with Crippen molar-refractivity contribution in [3.63, 3.8) is 0 Å². The average Bonchev–Trinajstić information content (AvgIpc) is 2.68. The molecule has 126 valence electrons. The lowest BCUT2D eigenvalue weighted by atomic mass is 10.1. The fourth-order valence-electron chi connectivity index (χ4n) is 3.42. The number of aromatic nitrogens is 1. The zero-order valence-electron chi connectivity index (χ0n) is 14.1. The van der Waals surface area contributed by atoms with Gasteiger partial charge in [0.2, 0.25) is 5.91 Å². The molecule has 0 aliphatic carbocycles. The van der Waals surface area contributed by atoms with Gasteiger partial charge in [-0.05, 0) is 17.7 Å². The molecular formula is C21H21N3O. The Kier molecular flexibility index (Phi) is 4.34. The molecule has 2 heterocycles. The highest BCUT2D eigenvalue weighted by molar-refractivity contribution is 5.90. The van der Waals surface area contributed by atoms with Crippen molar-refractivity contribution in [2.24, 2.45) is 0 Å². The Morgan fingerprint density at radius 1 is 0.880 bits per heavy atom. The van der Waals surface area contributed by atoms with Crippen molar-refractivity contribution in [3.8, 4) is 0 Å². The molecule has 25 heavy (non-hydrogen) atoms. The van der Waals surface area contributed by atoms with E-state index in [0.29, 0.717) is 6.42 Å². The third-order valence-corrected chi connectivity index (χ3v) is 4.78. The quantitative estimate of drug-likeness (QED) is 0.740. The lowest BCUT2D eigenvalue weighted by Gasteiger charge is -2.36. The van der Waals surface area contributed by atoms with E-state index in [9.17, 15) is 4.79 Å². The summed E-state index contributed by atoms with van der Waals surface area (Å²) >= 11 is 0. The Balaban J connectivity index is 1.43. The number of carbonyl (C=O) groups excluding carboxylic acids is 1. The average molecular weight is 331 g/mol. The lowest BCUT2D eigenvalue weighted by Crippen LogP contribution is -2.49. The summed E-state index contributed by atoms with van der Waals surface area (Å²) in [6.45, 7) is 3.20. The molecule has 1 fully saturated rings. The molecule has 1 aromatic heterocycles. The summed E-state index contributed by atoms with van der Waals surface area (Å²) < 4.78 is 0. The van der Waals surface area contributed by atoms with Gasteiger partial charge in [-0.1, -0.05) is 48.5 Å². The number of fused-ring (bicyclic) bond motifs is 1. The number of rotatable bonds is 3. The van der Waals surface area contributed by atoms with E-state index in [1.165, 1.54) is 0 Å². The van der Waals surface area contributed by atoms with E-state index in [0.717, 1.165) is 48.3 Å². The van der Waals surface area contributed by atoms with Gasteiger partial charge in [0.15, 0.2) is 0 Å². The molecule has 4 heteroatoms. The molecule has 0 unspecified atom stereocenters. The van der Waals surface area contributed by atoms with Crippen molar-refractivity contribution in [2.75, 3.05) is 31.1 Å². The smallest absolute Gasteiger partial charge is 0.227 e. The van der Waals surface area contributed by atoms with Crippen LogP contribution in [0.25, 0.3) is 10.9 Å². The number of anilines is 1. The molecule has 4 nitrogen and oxygen atoms in total. The first-order valence-electron chi connectivity index (χ1n) is 8.72. The van der Waals surface area contributed by atoms with Crippen LogP contribution in [0.3, 0.4) is 0 Å². The zero-order valence-corrected chi connectivity index (χ0v) is 14.1. The number of para-hydroxylation sites is 1. The maximum Gasteiger partial charge on any atom is 0.227 e. The highest BCUT2D eigenvalue weighted by Crippen LogP contribution is 2.25. The molecule has 0 atom stereocenters. The highest BCUT2D eigenvalue weighted by atomic mass is 16.2. The number of carbonyl (C=O) groups is 1. The van der Waals surface area contributed by atoms with Crippen LogP contribution >= 0.6 is 0 Å². The molecule has 1 aliphatic rings. The Morgan fingerprint density at radius 3 is 2.44 bits per heavy atom. The van der Waals surface area contributed by atoms with Gasteiger partial charge in [-0.15, -0.1) is 0 Å². The Morgan fingerprint density at radius 2 is 1.64 bits per heavy atom. The van der Waals surface area contributed by atoms with E-state index in [-0.39, 0.29) is 5.91 Å². The zero-order chi connectivity index (χ0) is 17.1. The summed E-state index contributed by atoms with van der Waals surface area (Å²) in [6.07, 6.45) is 2.32. The summed E-state index contributed by atoms with van der Waals surface area (Å²) in [5.41, 5.74) is 3.27. The van der Waals surface area contributed by atoms with Crippen molar-refractivity contribution >= 4 is 22.5 Å². The monoisotopic (exact) mass is 331 g/mol. The van der Waals surface area contributed by atoms with Crippen LogP contribution in [0.5, 0.6) is 0 Å². The van der Waals surface area contributed by atoms with Crippen LogP contribution in [0.15, 0.2) is 66.9 Å². The van der Waals surface area contributed by atoms with Crippen molar-refractivity contribution in [1.29, 1.82) is 0 Å². The summed E-state index contributed by atoms with van der Waals surface area (Å²) in [6, 6.07) is 20.3. The normalized spacial score (nSPS) is 14.7. The molecular weight excluding hydrogens is 310 g/mol. The number of benzene rings is 2. The number of pyridine rings is 1. The van der Waals surface area contributed by atoms with E-state index < -0.39 is 0 Å². The van der Waals surface area contributed by atoms with E-state index in [1.54, 1.807) is 0 Å². The summed E-state index contributed by atoms with van der Waals surface area (Å²) in [7, 11) is 0. The van der Waals surface area contributed by atoms with E-state index in [1.807, 2.05) is 47.5 Å². The fourth-order valence-corrected chi connectivity index (χ4v) is 3.42. The Hall–Kier alpha value is -2.88. The summed E-state index contributed by atoms with van der Waals surface area (Å²) in [4.78, 5) is 21.4. The first-order valence-corrected chi connectivity index (χ1v) is 8.72. The predicted molar refractivity (Wildman–Crippen MR) is 101 cm³/mol. The van der Waals surface area contributed by atoms with E-state index in [2.05, 4.69) is 34.1 Å². The standard InChI is InChI=1S/C21H21N3O/c25-20(16-17-6-2-1-3-7-17)24-14-12-23(13-15-24)19-10-4-8-18-9-5-11-22-21(18)19/h1-11H,12-16H2.